The summed E-state index contributed by atoms with van der Waals surface area (Å²) in [4.78, 5) is 21.6. The summed E-state index contributed by atoms with van der Waals surface area (Å²) in [5, 5.41) is 10.8. The molecule has 1 amide bonds. The number of carboxylic acid groups (broad SMARTS) is 1. The van der Waals surface area contributed by atoms with E-state index in [9.17, 15) is 9.59 Å². The number of amides is 1. The monoisotopic (exact) mass is 185 g/mol. The molecule has 0 bridgehead atoms. The number of ether oxygens (including phenoxy) is 1. The van der Waals surface area contributed by atoms with Crippen LogP contribution in [0.2, 0.25) is 0 Å². The number of nitrogens with one attached hydrogen (secondary N) is 1. The van der Waals surface area contributed by atoms with Crippen LogP contribution in [-0.4, -0.2) is 29.6 Å². The second kappa shape index (κ2) is 3.93. The van der Waals surface area contributed by atoms with Gasteiger partial charge in [-0.3, -0.25) is 9.59 Å². The van der Waals surface area contributed by atoms with Crippen LogP contribution in [0.3, 0.4) is 0 Å². The Hall–Kier alpha value is -1.52. The Morgan fingerprint density at radius 1 is 1.69 bits per heavy atom. The Morgan fingerprint density at radius 3 is 2.85 bits per heavy atom. The highest BCUT2D eigenvalue weighted by molar-refractivity contribution is 5.95. The summed E-state index contributed by atoms with van der Waals surface area (Å²) >= 11 is 0. The van der Waals surface area contributed by atoms with Crippen LogP contribution in [0, 0.1) is 0 Å². The summed E-state index contributed by atoms with van der Waals surface area (Å²) < 4.78 is 4.85. The molecule has 5 nitrogen and oxygen atoms in total. The standard InChI is InChI=1S/C8H11NO4/c1-5(8(11)12)9-7(10)6-2-3-13-4-6/h4-5H,2-3H2,1H3,(H,9,10)(H,11,12)/t5-/m0/s1. The third-order valence-electron chi connectivity index (χ3n) is 1.72. The van der Waals surface area contributed by atoms with Gasteiger partial charge in [0, 0.05) is 6.42 Å². The van der Waals surface area contributed by atoms with Gasteiger partial charge in [-0.25, -0.2) is 0 Å². The maximum atomic E-state index is 11.2. The van der Waals surface area contributed by atoms with Crippen LogP contribution >= 0.6 is 0 Å². The molecule has 0 radical (unpaired) electrons. The van der Waals surface area contributed by atoms with Gasteiger partial charge in [0.15, 0.2) is 0 Å². The smallest absolute Gasteiger partial charge is 0.325 e. The summed E-state index contributed by atoms with van der Waals surface area (Å²) in [5.74, 6) is -1.42. The van der Waals surface area contributed by atoms with Gasteiger partial charge in [0.1, 0.15) is 6.04 Å². The number of carbonyl (C=O) groups excluding carboxylic acids is 1. The van der Waals surface area contributed by atoms with Crippen molar-refractivity contribution in [1.82, 2.24) is 5.32 Å². The van der Waals surface area contributed by atoms with Gasteiger partial charge in [0.25, 0.3) is 5.91 Å². The highest BCUT2D eigenvalue weighted by atomic mass is 16.5. The van der Waals surface area contributed by atoms with Crippen LogP contribution in [0.15, 0.2) is 11.8 Å². The molecule has 1 atom stereocenters. The third kappa shape index (κ3) is 2.47. The lowest BCUT2D eigenvalue weighted by atomic mass is 10.2. The summed E-state index contributed by atoms with van der Waals surface area (Å²) in [5.41, 5.74) is 0.494. The molecular weight excluding hydrogens is 174 g/mol. The summed E-state index contributed by atoms with van der Waals surface area (Å²) in [6.07, 6.45) is 1.90. The van der Waals surface area contributed by atoms with Gasteiger partial charge in [-0.15, -0.1) is 0 Å². The maximum Gasteiger partial charge on any atom is 0.325 e. The zero-order valence-electron chi connectivity index (χ0n) is 7.24. The summed E-state index contributed by atoms with van der Waals surface area (Å²) in [7, 11) is 0. The van der Waals surface area contributed by atoms with Crippen LogP contribution in [0.4, 0.5) is 0 Å². The van der Waals surface area contributed by atoms with E-state index in [4.69, 9.17) is 9.84 Å². The molecule has 1 heterocycles. The van der Waals surface area contributed by atoms with Gasteiger partial charge in [0.05, 0.1) is 18.4 Å². The molecule has 2 N–H and O–H groups in total. The first-order valence-corrected chi connectivity index (χ1v) is 3.95. The van der Waals surface area contributed by atoms with Crippen LogP contribution in [0.5, 0.6) is 0 Å². The Kier molecular flexibility index (Phi) is 2.89. The molecule has 0 aromatic carbocycles. The molecule has 72 valence electrons. The first-order valence-electron chi connectivity index (χ1n) is 3.95. The van der Waals surface area contributed by atoms with Crippen molar-refractivity contribution in [2.75, 3.05) is 6.61 Å². The van der Waals surface area contributed by atoms with Gasteiger partial charge in [0.2, 0.25) is 0 Å². The average molecular weight is 185 g/mol. The van der Waals surface area contributed by atoms with Crippen LogP contribution in [0.25, 0.3) is 0 Å². The van der Waals surface area contributed by atoms with E-state index in [1.165, 1.54) is 13.2 Å². The molecule has 0 saturated carbocycles. The molecule has 0 aromatic heterocycles. The molecule has 5 heteroatoms. The number of aliphatic carboxylic acids is 1. The Morgan fingerprint density at radius 2 is 2.38 bits per heavy atom. The third-order valence-corrected chi connectivity index (χ3v) is 1.72. The second-order valence-electron chi connectivity index (χ2n) is 2.80. The van der Waals surface area contributed by atoms with Crippen molar-refractivity contribution in [3.63, 3.8) is 0 Å². The minimum Gasteiger partial charge on any atom is -0.500 e. The first-order chi connectivity index (χ1) is 6.11. The number of hydrogen-bond acceptors (Lipinski definition) is 3. The molecule has 1 aliphatic rings. The Bertz CT molecular complexity index is 259. The van der Waals surface area contributed by atoms with Crippen LogP contribution in [0.1, 0.15) is 13.3 Å². The molecule has 0 unspecified atom stereocenters. The summed E-state index contributed by atoms with van der Waals surface area (Å²) in [6, 6.07) is -0.867. The molecule has 1 rings (SSSR count). The number of rotatable bonds is 3. The van der Waals surface area contributed by atoms with Crippen molar-refractivity contribution in [3.8, 4) is 0 Å². The quantitative estimate of drug-likeness (QED) is 0.642. The fourth-order valence-corrected chi connectivity index (χ4v) is 0.905. The lowest BCUT2D eigenvalue weighted by Crippen LogP contribution is -2.38. The topological polar surface area (TPSA) is 75.6 Å². The normalized spacial score (nSPS) is 17.2. The van der Waals surface area contributed by atoms with E-state index in [-0.39, 0.29) is 5.91 Å². The van der Waals surface area contributed by atoms with Crippen molar-refractivity contribution in [2.24, 2.45) is 0 Å². The predicted octanol–water partition coefficient (Wildman–Crippen LogP) is -0.120. The fourth-order valence-electron chi connectivity index (χ4n) is 0.905. The van der Waals surface area contributed by atoms with Crippen molar-refractivity contribution < 1.29 is 19.4 Å². The van der Waals surface area contributed by atoms with E-state index in [1.54, 1.807) is 0 Å². The SMILES string of the molecule is C[C@H](NC(=O)C1=COCC1)C(=O)O. The fraction of sp³-hybridized carbons (Fsp3) is 0.500. The van der Waals surface area contributed by atoms with Crippen molar-refractivity contribution in [1.29, 1.82) is 0 Å². The molecule has 0 saturated heterocycles. The van der Waals surface area contributed by atoms with Gasteiger partial charge in [-0.05, 0) is 6.92 Å². The highest BCUT2D eigenvalue weighted by Gasteiger charge is 2.19. The van der Waals surface area contributed by atoms with Crippen molar-refractivity contribution in [2.45, 2.75) is 19.4 Å². The number of carboxylic acids is 1. The number of hydrogen-bond donors (Lipinski definition) is 2. The molecular formula is C8H11NO4. The van der Waals surface area contributed by atoms with E-state index >= 15 is 0 Å². The minimum atomic E-state index is -1.05. The Labute approximate surface area is 75.4 Å². The molecule has 0 fully saturated rings. The largest absolute Gasteiger partial charge is 0.500 e. The van der Waals surface area contributed by atoms with E-state index in [0.717, 1.165) is 0 Å². The lowest BCUT2D eigenvalue weighted by molar-refractivity contribution is -0.140. The van der Waals surface area contributed by atoms with Gasteiger partial charge >= 0.3 is 5.97 Å². The van der Waals surface area contributed by atoms with Crippen molar-refractivity contribution >= 4 is 11.9 Å². The van der Waals surface area contributed by atoms with E-state index in [2.05, 4.69) is 5.32 Å². The van der Waals surface area contributed by atoms with Gasteiger partial charge < -0.3 is 15.2 Å². The molecule has 13 heavy (non-hydrogen) atoms. The second-order valence-corrected chi connectivity index (χ2v) is 2.80. The number of carbonyl (C=O) groups is 2. The average Bonchev–Trinajstić information content (AvgIpc) is 2.55. The summed E-state index contributed by atoms with van der Waals surface area (Å²) in [6.45, 7) is 1.90. The molecule has 0 aliphatic carbocycles. The maximum absolute atomic E-state index is 11.2. The lowest BCUT2D eigenvalue weighted by Gasteiger charge is -2.08. The Balaban J connectivity index is 2.45. The van der Waals surface area contributed by atoms with Gasteiger partial charge in [-0.2, -0.15) is 0 Å². The van der Waals surface area contributed by atoms with E-state index in [0.29, 0.717) is 18.6 Å². The van der Waals surface area contributed by atoms with Gasteiger partial charge in [-0.1, -0.05) is 0 Å². The van der Waals surface area contributed by atoms with Crippen molar-refractivity contribution in [3.05, 3.63) is 11.8 Å². The first kappa shape index (κ1) is 9.57. The molecule has 0 aromatic rings. The van der Waals surface area contributed by atoms with Crippen LogP contribution in [-0.2, 0) is 14.3 Å². The zero-order valence-corrected chi connectivity index (χ0v) is 7.24. The van der Waals surface area contributed by atoms with E-state index in [1.807, 2.05) is 0 Å². The molecule has 1 aliphatic heterocycles. The van der Waals surface area contributed by atoms with E-state index < -0.39 is 12.0 Å². The molecule has 0 spiro atoms. The predicted molar refractivity (Wildman–Crippen MR) is 43.9 cm³/mol. The highest BCUT2D eigenvalue weighted by Crippen LogP contribution is 2.09. The van der Waals surface area contributed by atoms with Crippen LogP contribution < -0.4 is 5.32 Å². The zero-order chi connectivity index (χ0) is 9.84. The minimum absolute atomic E-state index is 0.368.